The number of benzene rings is 2. The fraction of sp³-hybridized carbons (Fsp3) is 0.188. The Bertz CT molecular complexity index is 612. The van der Waals surface area contributed by atoms with Crippen molar-refractivity contribution in [2.75, 3.05) is 12.9 Å². The fourth-order valence-corrected chi connectivity index (χ4v) is 2.52. The highest BCUT2D eigenvalue weighted by Gasteiger charge is 2.09. The molecule has 0 aromatic heterocycles. The van der Waals surface area contributed by atoms with Gasteiger partial charge in [-0.3, -0.25) is 4.79 Å². The number of hydrogen-bond acceptors (Lipinski definition) is 4. The van der Waals surface area contributed by atoms with Gasteiger partial charge in [0.25, 0.3) is 0 Å². The van der Waals surface area contributed by atoms with E-state index >= 15 is 0 Å². The predicted molar refractivity (Wildman–Crippen MR) is 81.1 cm³/mol. The third-order valence-corrected chi connectivity index (χ3v) is 3.84. The van der Waals surface area contributed by atoms with Crippen LogP contribution in [-0.2, 0) is 0 Å². The average Bonchev–Trinajstić information content (AvgIpc) is 2.53. The minimum atomic E-state index is -2.87. The Morgan fingerprint density at radius 3 is 2.18 bits per heavy atom. The van der Waals surface area contributed by atoms with Crippen molar-refractivity contribution in [1.82, 2.24) is 0 Å². The normalized spacial score (nSPS) is 10.5. The first kappa shape index (κ1) is 16.3. The van der Waals surface area contributed by atoms with Crippen LogP contribution in [0.1, 0.15) is 10.4 Å². The second kappa shape index (κ2) is 7.79. The summed E-state index contributed by atoms with van der Waals surface area (Å²) in [5.74, 6) is 0.977. The van der Waals surface area contributed by atoms with E-state index in [1.807, 2.05) is 24.3 Å². The van der Waals surface area contributed by atoms with Gasteiger partial charge >= 0.3 is 6.61 Å². The Kier molecular flexibility index (Phi) is 5.77. The van der Waals surface area contributed by atoms with Gasteiger partial charge in [0.15, 0.2) is 5.78 Å². The molecule has 0 aliphatic rings. The third-order valence-electron chi connectivity index (χ3n) is 2.83. The van der Waals surface area contributed by atoms with E-state index in [9.17, 15) is 13.6 Å². The first-order valence-corrected chi connectivity index (χ1v) is 7.42. The standard InChI is InChI=1S/C16H14F2O3S/c1-20-12-6-8-14(9-7-12)22-10-15(19)11-2-4-13(5-3-11)21-16(17)18/h2-9,16H,10H2,1H3. The van der Waals surface area contributed by atoms with E-state index in [0.29, 0.717) is 5.56 Å². The van der Waals surface area contributed by atoms with Crippen molar-refractivity contribution in [2.45, 2.75) is 11.5 Å². The zero-order chi connectivity index (χ0) is 15.9. The Morgan fingerprint density at radius 1 is 1.05 bits per heavy atom. The maximum Gasteiger partial charge on any atom is 0.387 e. The Morgan fingerprint density at radius 2 is 1.64 bits per heavy atom. The Balaban J connectivity index is 1.91. The summed E-state index contributed by atoms with van der Waals surface area (Å²) >= 11 is 1.40. The van der Waals surface area contributed by atoms with Crippen LogP contribution >= 0.6 is 11.8 Å². The predicted octanol–water partition coefficient (Wildman–Crippen LogP) is 4.27. The van der Waals surface area contributed by atoms with Gasteiger partial charge in [-0.2, -0.15) is 8.78 Å². The molecule has 0 aliphatic carbocycles. The van der Waals surface area contributed by atoms with Gasteiger partial charge in [-0.25, -0.2) is 0 Å². The Hall–Kier alpha value is -2.08. The first-order chi connectivity index (χ1) is 10.6. The van der Waals surface area contributed by atoms with Gasteiger partial charge in [0.2, 0.25) is 0 Å². The number of Topliss-reactive ketones (excluding diaryl/α,β-unsaturated/α-hetero) is 1. The fourth-order valence-electron chi connectivity index (χ4n) is 1.73. The molecule has 0 spiro atoms. The maximum absolute atomic E-state index is 12.0. The van der Waals surface area contributed by atoms with Gasteiger partial charge < -0.3 is 9.47 Å². The van der Waals surface area contributed by atoms with E-state index in [4.69, 9.17) is 4.74 Å². The molecule has 0 radical (unpaired) electrons. The van der Waals surface area contributed by atoms with E-state index in [2.05, 4.69) is 4.74 Å². The van der Waals surface area contributed by atoms with Crippen LogP contribution in [0.15, 0.2) is 53.4 Å². The van der Waals surface area contributed by atoms with Crippen LogP contribution in [0.4, 0.5) is 8.78 Å². The molecule has 0 fully saturated rings. The lowest BCUT2D eigenvalue weighted by atomic mass is 10.1. The summed E-state index contributed by atoms with van der Waals surface area (Å²) < 4.78 is 33.4. The second-order valence-electron chi connectivity index (χ2n) is 4.29. The van der Waals surface area contributed by atoms with Gasteiger partial charge in [0.1, 0.15) is 11.5 Å². The number of ketones is 1. The van der Waals surface area contributed by atoms with Gasteiger partial charge in [0, 0.05) is 10.5 Å². The SMILES string of the molecule is COc1ccc(SCC(=O)c2ccc(OC(F)F)cc2)cc1. The summed E-state index contributed by atoms with van der Waals surface area (Å²) in [5.41, 5.74) is 0.461. The van der Waals surface area contributed by atoms with Crippen molar-refractivity contribution < 1.29 is 23.0 Å². The molecule has 6 heteroatoms. The van der Waals surface area contributed by atoms with Gasteiger partial charge in [-0.15, -0.1) is 11.8 Å². The number of rotatable bonds is 7. The molecule has 2 aromatic carbocycles. The van der Waals surface area contributed by atoms with Crippen molar-refractivity contribution in [1.29, 1.82) is 0 Å². The summed E-state index contributed by atoms with van der Waals surface area (Å²) in [6.07, 6.45) is 0. The molecule has 0 aliphatic heterocycles. The van der Waals surface area contributed by atoms with E-state index in [1.165, 1.54) is 36.0 Å². The second-order valence-corrected chi connectivity index (χ2v) is 5.34. The molecule has 0 bridgehead atoms. The minimum absolute atomic E-state index is 0.0364. The number of alkyl halides is 2. The minimum Gasteiger partial charge on any atom is -0.497 e. The van der Waals surface area contributed by atoms with E-state index < -0.39 is 6.61 Å². The lowest BCUT2D eigenvalue weighted by molar-refractivity contribution is -0.0498. The highest BCUT2D eigenvalue weighted by atomic mass is 32.2. The van der Waals surface area contributed by atoms with E-state index in [-0.39, 0.29) is 17.3 Å². The molecule has 0 unspecified atom stereocenters. The van der Waals surface area contributed by atoms with Crippen LogP contribution in [0.2, 0.25) is 0 Å². The van der Waals surface area contributed by atoms with Crippen LogP contribution in [0, 0.1) is 0 Å². The average molecular weight is 324 g/mol. The van der Waals surface area contributed by atoms with Crippen molar-refractivity contribution in [3.63, 3.8) is 0 Å². The number of hydrogen-bond donors (Lipinski definition) is 0. The number of thioether (sulfide) groups is 1. The highest BCUT2D eigenvalue weighted by molar-refractivity contribution is 8.00. The molecule has 3 nitrogen and oxygen atoms in total. The van der Waals surface area contributed by atoms with Crippen LogP contribution < -0.4 is 9.47 Å². The molecule has 22 heavy (non-hydrogen) atoms. The lowest BCUT2D eigenvalue weighted by Gasteiger charge is -2.06. The first-order valence-electron chi connectivity index (χ1n) is 6.43. The number of carbonyl (C=O) groups excluding carboxylic acids is 1. The monoisotopic (exact) mass is 324 g/mol. The third kappa shape index (κ3) is 4.73. The summed E-state index contributed by atoms with van der Waals surface area (Å²) in [6, 6.07) is 13.1. The van der Waals surface area contributed by atoms with Gasteiger partial charge in [-0.05, 0) is 48.5 Å². The summed E-state index contributed by atoms with van der Waals surface area (Å²) in [7, 11) is 1.59. The lowest BCUT2D eigenvalue weighted by Crippen LogP contribution is -2.04. The highest BCUT2D eigenvalue weighted by Crippen LogP contribution is 2.23. The number of halogens is 2. The number of methoxy groups -OCH3 is 1. The van der Waals surface area contributed by atoms with E-state index in [0.717, 1.165) is 10.6 Å². The van der Waals surface area contributed by atoms with Crippen LogP contribution in [0.5, 0.6) is 11.5 Å². The topological polar surface area (TPSA) is 35.5 Å². The zero-order valence-corrected chi connectivity index (χ0v) is 12.6. The van der Waals surface area contributed by atoms with Crippen molar-refractivity contribution >= 4 is 17.5 Å². The van der Waals surface area contributed by atoms with Crippen LogP contribution in [0.25, 0.3) is 0 Å². The summed E-state index contributed by atoms with van der Waals surface area (Å²) in [6.45, 7) is -2.87. The van der Waals surface area contributed by atoms with Gasteiger partial charge in [0.05, 0.1) is 12.9 Å². The quantitative estimate of drug-likeness (QED) is 0.563. The van der Waals surface area contributed by atoms with E-state index in [1.54, 1.807) is 7.11 Å². The summed E-state index contributed by atoms with van der Waals surface area (Å²) in [4.78, 5) is 13.0. The van der Waals surface area contributed by atoms with Crippen molar-refractivity contribution in [3.05, 3.63) is 54.1 Å². The number of ether oxygens (including phenoxy) is 2. The molecule has 0 amide bonds. The van der Waals surface area contributed by atoms with Crippen molar-refractivity contribution in [3.8, 4) is 11.5 Å². The largest absolute Gasteiger partial charge is 0.497 e. The number of carbonyl (C=O) groups is 1. The molecule has 0 atom stereocenters. The molecule has 0 heterocycles. The smallest absolute Gasteiger partial charge is 0.387 e. The maximum atomic E-state index is 12.0. The Labute approximate surface area is 131 Å². The molecule has 2 rings (SSSR count). The molecule has 2 aromatic rings. The summed E-state index contributed by atoms with van der Waals surface area (Å²) in [5, 5.41) is 0. The van der Waals surface area contributed by atoms with Crippen LogP contribution in [-0.4, -0.2) is 25.3 Å². The molecule has 116 valence electrons. The molecule has 0 saturated carbocycles. The van der Waals surface area contributed by atoms with Crippen LogP contribution in [0.3, 0.4) is 0 Å². The molecule has 0 N–H and O–H groups in total. The molecular formula is C16H14F2O3S. The van der Waals surface area contributed by atoms with Gasteiger partial charge in [-0.1, -0.05) is 0 Å². The molecule has 0 saturated heterocycles. The zero-order valence-electron chi connectivity index (χ0n) is 11.8. The molecular weight excluding hydrogens is 310 g/mol. The van der Waals surface area contributed by atoms with Crippen molar-refractivity contribution in [2.24, 2.45) is 0 Å².